The second-order valence-corrected chi connectivity index (χ2v) is 7.67. The molecular formula is C20H22ClN3O4. The summed E-state index contributed by atoms with van der Waals surface area (Å²) in [6, 6.07) is 6.67. The minimum atomic E-state index is -1.02. The summed E-state index contributed by atoms with van der Waals surface area (Å²) in [6.07, 6.45) is 3.31. The Morgan fingerprint density at radius 1 is 1.36 bits per heavy atom. The lowest BCUT2D eigenvalue weighted by molar-refractivity contribution is -0.157. The molecule has 0 aromatic heterocycles. The first kappa shape index (κ1) is 20.2. The molecule has 1 aromatic rings. The summed E-state index contributed by atoms with van der Waals surface area (Å²) in [5, 5.41) is 11.7. The van der Waals surface area contributed by atoms with Gasteiger partial charge in [0.1, 0.15) is 6.07 Å². The number of carbonyl (C=O) groups excluding carboxylic acids is 3. The first-order valence-electron chi connectivity index (χ1n) is 9.39. The van der Waals surface area contributed by atoms with Crippen molar-refractivity contribution >= 4 is 35.1 Å². The lowest BCUT2D eigenvalue weighted by atomic mass is 10.1. The average molecular weight is 404 g/mol. The molecule has 0 radical (unpaired) electrons. The first-order valence-corrected chi connectivity index (χ1v) is 9.77. The van der Waals surface area contributed by atoms with Crippen LogP contribution in [0, 0.1) is 17.2 Å². The smallest absolute Gasteiger partial charge is 0.312 e. The molecule has 1 heterocycles. The number of halogens is 1. The Morgan fingerprint density at radius 2 is 2.07 bits per heavy atom. The van der Waals surface area contributed by atoms with Gasteiger partial charge >= 0.3 is 5.97 Å². The number of esters is 1. The van der Waals surface area contributed by atoms with Crippen LogP contribution in [0.3, 0.4) is 0 Å². The second kappa shape index (κ2) is 8.61. The molecule has 2 aliphatic rings. The zero-order valence-corrected chi connectivity index (χ0v) is 16.4. The third kappa shape index (κ3) is 4.45. The highest BCUT2D eigenvalue weighted by molar-refractivity contribution is 6.32. The van der Waals surface area contributed by atoms with Gasteiger partial charge in [0, 0.05) is 24.7 Å². The minimum Gasteiger partial charge on any atom is -0.452 e. The number of rotatable bonds is 5. The van der Waals surface area contributed by atoms with Gasteiger partial charge in [0.15, 0.2) is 6.10 Å². The molecule has 1 aliphatic carbocycles. The fourth-order valence-electron chi connectivity index (χ4n) is 3.71. The highest BCUT2D eigenvalue weighted by Crippen LogP contribution is 2.30. The monoisotopic (exact) mass is 403 g/mol. The molecule has 1 N–H and O–H groups in total. The normalized spacial score (nSPS) is 20.7. The third-order valence-electron chi connectivity index (χ3n) is 5.28. The number of nitrogens with zero attached hydrogens (tertiary/aromatic N) is 2. The van der Waals surface area contributed by atoms with E-state index in [1.54, 1.807) is 11.0 Å². The van der Waals surface area contributed by atoms with Crippen molar-refractivity contribution in [2.75, 3.05) is 11.9 Å². The third-order valence-corrected chi connectivity index (χ3v) is 5.59. The van der Waals surface area contributed by atoms with E-state index in [0.717, 1.165) is 25.7 Å². The maximum absolute atomic E-state index is 12.4. The lowest BCUT2D eigenvalue weighted by Gasteiger charge is -2.24. The summed E-state index contributed by atoms with van der Waals surface area (Å²) in [5.74, 6) is -1.59. The van der Waals surface area contributed by atoms with Crippen LogP contribution in [0.15, 0.2) is 18.2 Å². The van der Waals surface area contributed by atoms with Gasteiger partial charge in [0.25, 0.3) is 5.91 Å². The summed E-state index contributed by atoms with van der Waals surface area (Å²) in [6.45, 7) is 1.84. The van der Waals surface area contributed by atoms with E-state index in [1.807, 2.05) is 6.07 Å². The molecule has 1 saturated carbocycles. The molecular weight excluding hydrogens is 382 g/mol. The maximum atomic E-state index is 12.4. The minimum absolute atomic E-state index is 0.0156. The van der Waals surface area contributed by atoms with Gasteiger partial charge in [0.05, 0.1) is 16.5 Å². The van der Waals surface area contributed by atoms with Crippen LogP contribution in [-0.2, 0) is 19.1 Å². The Labute approximate surface area is 168 Å². The SMILES string of the molecule is C[C@@H](OC(=O)[C@@H]1CC(=O)N(C2CCCC2)C1)C(=O)Nc1ccc(C#N)c(Cl)c1. The van der Waals surface area contributed by atoms with Crippen molar-refractivity contribution in [2.45, 2.75) is 51.2 Å². The summed E-state index contributed by atoms with van der Waals surface area (Å²) in [5.41, 5.74) is 0.706. The largest absolute Gasteiger partial charge is 0.452 e. The van der Waals surface area contributed by atoms with Crippen molar-refractivity contribution in [3.8, 4) is 6.07 Å². The molecule has 8 heteroatoms. The van der Waals surface area contributed by atoms with Gasteiger partial charge in [-0.15, -0.1) is 0 Å². The molecule has 2 fully saturated rings. The molecule has 2 atom stereocenters. The Bertz CT molecular complexity index is 829. The fraction of sp³-hybridized carbons (Fsp3) is 0.500. The fourth-order valence-corrected chi connectivity index (χ4v) is 3.93. The van der Waals surface area contributed by atoms with Gasteiger partial charge in [-0.05, 0) is 38.0 Å². The van der Waals surface area contributed by atoms with E-state index < -0.39 is 23.9 Å². The van der Waals surface area contributed by atoms with Crippen molar-refractivity contribution in [1.29, 1.82) is 5.26 Å². The van der Waals surface area contributed by atoms with Crippen LogP contribution in [0.4, 0.5) is 5.69 Å². The predicted molar refractivity (Wildman–Crippen MR) is 102 cm³/mol. The van der Waals surface area contributed by atoms with Gasteiger partial charge in [-0.1, -0.05) is 24.4 Å². The second-order valence-electron chi connectivity index (χ2n) is 7.26. The molecule has 3 rings (SSSR count). The number of nitrogens with one attached hydrogen (secondary N) is 1. The number of hydrogen-bond donors (Lipinski definition) is 1. The Hall–Kier alpha value is -2.59. The highest BCUT2D eigenvalue weighted by Gasteiger charge is 2.40. The van der Waals surface area contributed by atoms with Crippen molar-refractivity contribution in [1.82, 2.24) is 4.90 Å². The molecule has 0 unspecified atom stereocenters. The van der Waals surface area contributed by atoms with Gasteiger partial charge in [-0.25, -0.2) is 0 Å². The quantitative estimate of drug-likeness (QED) is 0.762. The van der Waals surface area contributed by atoms with E-state index in [-0.39, 0.29) is 23.4 Å². The molecule has 148 valence electrons. The number of carbonyl (C=O) groups is 3. The van der Waals surface area contributed by atoms with Crippen molar-refractivity contribution in [3.63, 3.8) is 0 Å². The molecule has 0 spiro atoms. The molecule has 2 amide bonds. The van der Waals surface area contributed by atoms with Crippen LogP contribution < -0.4 is 5.32 Å². The lowest BCUT2D eigenvalue weighted by Crippen LogP contribution is -2.36. The van der Waals surface area contributed by atoms with Crippen molar-refractivity contribution in [2.24, 2.45) is 5.92 Å². The number of likely N-dealkylation sites (tertiary alicyclic amines) is 1. The van der Waals surface area contributed by atoms with E-state index >= 15 is 0 Å². The summed E-state index contributed by atoms with van der Waals surface area (Å²) in [4.78, 5) is 38.7. The molecule has 1 aliphatic heterocycles. The Morgan fingerprint density at radius 3 is 2.71 bits per heavy atom. The van der Waals surface area contributed by atoms with Crippen LogP contribution in [-0.4, -0.2) is 41.4 Å². The standard InChI is InChI=1S/C20H22ClN3O4/c1-12(19(26)23-15-7-6-13(10-22)17(21)9-15)28-20(27)14-8-18(25)24(11-14)16-4-2-3-5-16/h6-7,9,12,14,16H,2-5,8,11H2,1H3,(H,23,26)/t12-,14-/m1/s1. The summed E-state index contributed by atoms with van der Waals surface area (Å²) >= 11 is 5.95. The van der Waals surface area contributed by atoms with E-state index in [1.165, 1.54) is 19.1 Å². The molecule has 1 saturated heterocycles. The van der Waals surface area contributed by atoms with E-state index in [2.05, 4.69) is 5.32 Å². The predicted octanol–water partition coefficient (Wildman–Crippen LogP) is 2.87. The van der Waals surface area contributed by atoms with Crippen LogP contribution in [0.25, 0.3) is 0 Å². The zero-order valence-electron chi connectivity index (χ0n) is 15.6. The molecule has 1 aromatic carbocycles. The number of anilines is 1. The number of amides is 2. The Kier molecular flexibility index (Phi) is 6.20. The van der Waals surface area contributed by atoms with Gasteiger partial charge in [0.2, 0.25) is 5.91 Å². The summed E-state index contributed by atoms with van der Waals surface area (Å²) in [7, 11) is 0. The molecule has 28 heavy (non-hydrogen) atoms. The van der Waals surface area contributed by atoms with Gasteiger partial charge in [-0.3, -0.25) is 14.4 Å². The zero-order chi connectivity index (χ0) is 20.3. The van der Waals surface area contributed by atoms with Gasteiger partial charge < -0.3 is 15.0 Å². The topological polar surface area (TPSA) is 99.5 Å². The number of benzene rings is 1. The number of nitriles is 1. The first-order chi connectivity index (χ1) is 13.4. The van der Waals surface area contributed by atoms with Crippen LogP contribution >= 0.6 is 11.6 Å². The maximum Gasteiger partial charge on any atom is 0.312 e. The van der Waals surface area contributed by atoms with E-state index in [4.69, 9.17) is 21.6 Å². The van der Waals surface area contributed by atoms with Crippen molar-refractivity contribution in [3.05, 3.63) is 28.8 Å². The number of ether oxygens (including phenoxy) is 1. The van der Waals surface area contributed by atoms with Crippen LogP contribution in [0.5, 0.6) is 0 Å². The molecule has 0 bridgehead atoms. The van der Waals surface area contributed by atoms with Crippen LogP contribution in [0.2, 0.25) is 5.02 Å². The van der Waals surface area contributed by atoms with Gasteiger partial charge in [-0.2, -0.15) is 5.26 Å². The van der Waals surface area contributed by atoms with E-state index in [9.17, 15) is 14.4 Å². The molecule has 7 nitrogen and oxygen atoms in total. The van der Waals surface area contributed by atoms with Crippen molar-refractivity contribution < 1.29 is 19.1 Å². The number of hydrogen-bond acceptors (Lipinski definition) is 5. The highest BCUT2D eigenvalue weighted by atomic mass is 35.5. The van der Waals surface area contributed by atoms with E-state index in [0.29, 0.717) is 17.8 Å². The Balaban J connectivity index is 1.53. The summed E-state index contributed by atoms with van der Waals surface area (Å²) < 4.78 is 5.29. The average Bonchev–Trinajstić information content (AvgIpc) is 3.31. The van der Waals surface area contributed by atoms with Crippen LogP contribution in [0.1, 0.15) is 44.6 Å².